The number of hydrogen-bond acceptors (Lipinski definition) is 8. The number of allylic oxidation sites excluding steroid dienone is 8. The maximum atomic E-state index is 12.7. The average Bonchev–Trinajstić information content (AvgIpc) is 3.42. The molecule has 0 amide bonds. The van der Waals surface area contributed by atoms with Gasteiger partial charge in [-0.15, -0.1) is 0 Å². The molecule has 9 nitrogen and oxygen atoms in total. The molecule has 0 saturated carbocycles. The molecule has 0 spiro atoms. The van der Waals surface area contributed by atoms with Crippen LogP contribution in [0.3, 0.4) is 0 Å². The predicted molar refractivity (Wildman–Crippen MR) is 330 cm³/mol. The highest BCUT2D eigenvalue weighted by Crippen LogP contribution is 2.43. The molecular weight excluding hydrogens is 978 g/mol. The standard InChI is InChI=1S/C67H126NO8P/c1-3-5-7-9-11-13-15-17-19-20-21-22-23-24-25-26-27-28-29-30-31-32-33-34-35-36-37-38-39-40-41-42-43-44-46-48-50-52-54-56-58-60-67(70)76-65(64-75-77(71,72)74-62-61-68)63-73-66(69)59-57-55-53-51-49-47-45-18-16-14-12-10-8-6-4-2/h12,14-15,17-18,20-21,45,65H,3-11,13,16,19,22-44,46-64,68H2,1-2H3,(H,71,72)/b14-12-,17-15-,21-20-,45-18-. The molecule has 0 fully saturated rings. The molecule has 77 heavy (non-hydrogen) atoms. The number of hydrogen-bond donors (Lipinski definition) is 2. The second-order valence-electron chi connectivity index (χ2n) is 22.3. The first kappa shape index (κ1) is 75.0. The molecule has 10 heteroatoms. The molecule has 0 saturated heterocycles. The van der Waals surface area contributed by atoms with Crippen LogP contribution in [0.4, 0.5) is 0 Å². The van der Waals surface area contributed by atoms with Crippen molar-refractivity contribution in [2.45, 2.75) is 341 Å². The minimum atomic E-state index is -4.39. The van der Waals surface area contributed by atoms with Gasteiger partial charge in [0.05, 0.1) is 13.2 Å². The van der Waals surface area contributed by atoms with Gasteiger partial charge in [0.25, 0.3) is 0 Å². The van der Waals surface area contributed by atoms with Crippen molar-refractivity contribution in [1.82, 2.24) is 0 Å². The van der Waals surface area contributed by atoms with E-state index in [1.54, 1.807) is 0 Å². The van der Waals surface area contributed by atoms with Gasteiger partial charge in [0.15, 0.2) is 6.10 Å². The van der Waals surface area contributed by atoms with E-state index >= 15 is 0 Å². The fourth-order valence-electron chi connectivity index (χ4n) is 9.76. The molecule has 0 aromatic rings. The molecule has 0 heterocycles. The molecular formula is C67H126NO8P. The van der Waals surface area contributed by atoms with Gasteiger partial charge in [-0.05, 0) is 77.0 Å². The first-order chi connectivity index (χ1) is 37.8. The molecule has 0 aliphatic heterocycles. The van der Waals surface area contributed by atoms with Gasteiger partial charge < -0.3 is 20.1 Å². The fraction of sp³-hybridized carbons (Fsp3) is 0.851. The largest absolute Gasteiger partial charge is 0.472 e. The van der Waals surface area contributed by atoms with Crippen molar-refractivity contribution < 1.29 is 37.6 Å². The average molecular weight is 1100 g/mol. The van der Waals surface area contributed by atoms with E-state index in [0.717, 1.165) is 64.2 Å². The second kappa shape index (κ2) is 63.2. The van der Waals surface area contributed by atoms with Crippen molar-refractivity contribution >= 4 is 19.8 Å². The van der Waals surface area contributed by atoms with Gasteiger partial charge in [-0.1, -0.05) is 294 Å². The number of ether oxygens (including phenoxy) is 2. The van der Waals surface area contributed by atoms with Crippen LogP contribution in [0.15, 0.2) is 48.6 Å². The minimum Gasteiger partial charge on any atom is -0.462 e. The second-order valence-corrected chi connectivity index (χ2v) is 23.8. The lowest BCUT2D eigenvalue weighted by Crippen LogP contribution is -2.29. The van der Waals surface area contributed by atoms with Crippen LogP contribution < -0.4 is 5.73 Å². The zero-order valence-corrected chi connectivity index (χ0v) is 51.6. The molecule has 0 aliphatic carbocycles. The summed E-state index contributed by atoms with van der Waals surface area (Å²) in [4.78, 5) is 35.2. The fourth-order valence-corrected chi connectivity index (χ4v) is 10.5. The Labute approximate surface area is 477 Å². The SMILES string of the molecule is CCCCC/C=C\C/C=C\CCCCCCCC(=O)OCC(COP(=O)(O)OCCN)OC(=O)CCCCCCCCCCCCCCCCCCCCCCCCCCCCCCC/C=C\C/C=C\CCCCCCC. The lowest BCUT2D eigenvalue weighted by molar-refractivity contribution is -0.161. The van der Waals surface area contributed by atoms with Gasteiger partial charge in [-0.3, -0.25) is 18.6 Å². The molecule has 3 N–H and O–H groups in total. The van der Waals surface area contributed by atoms with E-state index in [9.17, 15) is 19.0 Å². The maximum absolute atomic E-state index is 12.7. The highest BCUT2D eigenvalue weighted by Gasteiger charge is 2.26. The first-order valence-electron chi connectivity index (χ1n) is 33.1. The van der Waals surface area contributed by atoms with Crippen molar-refractivity contribution in [3.63, 3.8) is 0 Å². The Hall–Kier alpha value is -2.03. The predicted octanol–water partition coefficient (Wildman–Crippen LogP) is 21.3. The van der Waals surface area contributed by atoms with Crippen LogP contribution in [0.1, 0.15) is 335 Å². The summed E-state index contributed by atoms with van der Waals surface area (Å²) < 4.78 is 33.0. The Balaban J connectivity index is 3.72. The molecule has 452 valence electrons. The maximum Gasteiger partial charge on any atom is 0.472 e. The quantitative estimate of drug-likeness (QED) is 0.0264. The highest BCUT2D eigenvalue weighted by molar-refractivity contribution is 7.47. The zero-order chi connectivity index (χ0) is 55.9. The summed E-state index contributed by atoms with van der Waals surface area (Å²) in [6.07, 6.45) is 79.4. The number of phosphoric acid groups is 1. The van der Waals surface area contributed by atoms with E-state index in [1.165, 1.54) is 238 Å². The zero-order valence-electron chi connectivity index (χ0n) is 50.7. The van der Waals surface area contributed by atoms with Gasteiger partial charge in [0, 0.05) is 19.4 Å². The van der Waals surface area contributed by atoms with E-state index in [4.69, 9.17) is 24.3 Å². The van der Waals surface area contributed by atoms with E-state index in [0.29, 0.717) is 6.42 Å². The van der Waals surface area contributed by atoms with Gasteiger partial charge in [-0.25, -0.2) is 4.57 Å². The van der Waals surface area contributed by atoms with Gasteiger partial charge in [0.2, 0.25) is 0 Å². The number of phosphoric ester groups is 1. The van der Waals surface area contributed by atoms with E-state index in [2.05, 4.69) is 62.5 Å². The van der Waals surface area contributed by atoms with Gasteiger partial charge in [0.1, 0.15) is 6.61 Å². The summed E-state index contributed by atoms with van der Waals surface area (Å²) in [5.41, 5.74) is 5.38. The minimum absolute atomic E-state index is 0.0524. The molecule has 0 rings (SSSR count). The van der Waals surface area contributed by atoms with Crippen LogP contribution in [0.25, 0.3) is 0 Å². The van der Waals surface area contributed by atoms with E-state index in [1.807, 2.05) is 0 Å². The number of carbonyl (C=O) groups is 2. The lowest BCUT2D eigenvalue weighted by atomic mass is 10.0. The number of carbonyl (C=O) groups excluding carboxylic acids is 2. The monoisotopic (exact) mass is 1100 g/mol. The Morgan fingerprint density at radius 2 is 0.675 bits per heavy atom. The summed E-state index contributed by atoms with van der Waals surface area (Å²) in [6.45, 7) is 3.73. The Bertz CT molecular complexity index is 1400. The number of nitrogens with two attached hydrogens (primary N) is 1. The summed E-state index contributed by atoms with van der Waals surface area (Å²) in [7, 11) is -4.39. The summed E-state index contributed by atoms with van der Waals surface area (Å²) in [5.74, 6) is -0.830. The summed E-state index contributed by atoms with van der Waals surface area (Å²) >= 11 is 0. The third-order valence-electron chi connectivity index (χ3n) is 14.7. The molecule has 0 aromatic heterocycles. The lowest BCUT2D eigenvalue weighted by Gasteiger charge is -2.19. The van der Waals surface area contributed by atoms with Crippen LogP contribution in [-0.2, 0) is 32.7 Å². The Morgan fingerprint density at radius 3 is 1.01 bits per heavy atom. The molecule has 2 unspecified atom stereocenters. The number of esters is 2. The van der Waals surface area contributed by atoms with Crippen LogP contribution in [0, 0.1) is 0 Å². The molecule has 0 bridgehead atoms. The molecule has 2 atom stereocenters. The number of rotatable bonds is 63. The third-order valence-corrected chi connectivity index (χ3v) is 15.7. The van der Waals surface area contributed by atoms with Gasteiger partial charge in [-0.2, -0.15) is 0 Å². The summed E-state index contributed by atoms with van der Waals surface area (Å²) in [6, 6.07) is 0. The van der Waals surface area contributed by atoms with Crippen LogP contribution in [0.2, 0.25) is 0 Å². The Morgan fingerprint density at radius 1 is 0.390 bits per heavy atom. The molecule has 0 aliphatic rings. The number of unbranched alkanes of at least 4 members (excludes halogenated alkanes) is 42. The highest BCUT2D eigenvalue weighted by atomic mass is 31.2. The topological polar surface area (TPSA) is 134 Å². The van der Waals surface area contributed by atoms with E-state index in [-0.39, 0.29) is 38.6 Å². The van der Waals surface area contributed by atoms with Crippen molar-refractivity contribution in [3.8, 4) is 0 Å². The molecule has 0 aromatic carbocycles. The van der Waals surface area contributed by atoms with Crippen molar-refractivity contribution in [2.75, 3.05) is 26.4 Å². The normalized spacial score (nSPS) is 13.2. The summed E-state index contributed by atoms with van der Waals surface area (Å²) in [5, 5.41) is 0. The first-order valence-corrected chi connectivity index (χ1v) is 34.6. The van der Waals surface area contributed by atoms with Gasteiger partial charge >= 0.3 is 19.8 Å². The van der Waals surface area contributed by atoms with Crippen molar-refractivity contribution in [1.29, 1.82) is 0 Å². The Kier molecular flexibility index (Phi) is 61.5. The van der Waals surface area contributed by atoms with Crippen molar-refractivity contribution in [3.05, 3.63) is 48.6 Å². The smallest absolute Gasteiger partial charge is 0.462 e. The van der Waals surface area contributed by atoms with Crippen LogP contribution in [0.5, 0.6) is 0 Å². The van der Waals surface area contributed by atoms with E-state index < -0.39 is 26.5 Å². The van der Waals surface area contributed by atoms with Crippen molar-refractivity contribution in [2.24, 2.45) is 5.73 Å². The van der Waals surface area contributed by atoms with Crippen LogP contribution in [-0.4, -0.2) is 49.3 Å². The van der Waals surface area contributed by atoms with Crippen LogP contribution >= 0.6 is 7.82 Å². The third kappa shape index (κ3) is 63.0. The molecule has 0 radical (unpaired) electrons.